The van der Waals surface area contributed by atoms with Crippen LogP contribution < -0.4 is 5.32 Å². The van der Waals surface area contributed by atoms with Gasteiger partial charge < -0.3 is 10.2 Å². The van der Waals surface area contributed by atoms with Gasteiger partial charge in [0.15, 0.2) is 0 Å². The van der Waals surface area contributed by atoms with Gasteiger partial charge in [-0.1, -0.05) is 36.4 Å². The van der Waals surface area contributed by atoms with Gasteiger partial charge >= 0.3 is 0 Å². The van der Waals surface area contributed by atoms with Crippen LogP contribution in [0.1, 0.15) is 22.2 Å². The maximum atomic E-state index is 12.2. The van der Waals surface area contributed by atoms with Crippen LogP contribution >= 0.6 is 11.3 Å². The highest BCUT2D eigenvalue weighted by atomic mass is 32.1. The highest BCUT2D eigenvalue weighted by molar-refractivity contribution is 7.12. The van der Waals surface area contributed by atoms with Crippen molar-refractivity contribution < 1.29 is 9.59 Å². The molecule has 2 aromatic rings. The molecule has 0 radical (unpaired) electrons. The van der Waals surface area contributed by atoms with Gasteiger partial charge in [0, 0.05) is 13.1 Å². The summed E-state index contributed by atoms with van der Waals surface area (Å²) >= 11 is 1.37. The molecular formula is C17H20N2O2S. The predicted molar refractivity (Wildman–Crippen MR) is 89.1 cm³/mol. The molecular weight excluding hydrogens is 296 g/mol. The normalized spacial score (nSPS) is 10.2. The highest BCUT2D eigenvalue weighted by Crippen LogP contribution is 2.07. The van der Waals surface area contributed by atoms with Crippen LogP contribution in [0.15, 0.2) is 47.8 Å². The molecule has 5 heteroatoms. The van der Waals surface area contributed by atoms with Crippen molar-refractivity contribution in [2.45, 2.75) is 13.3 Å². The van der Waals surface area contributed by atoms with E-state index in [0.717, 1.165) is 6.42 Å². The number of hydrogen-bond acceptors (Lipinski definition) is 3. The summed E-state index contributed by atoms with van der Waals surface area (Å²) in [5.74, 6) is -0.245. The quantitative estimate of drug-likeness (QED) is 0.853. The first kappa shape index (κ1) is 16.2. The number of benzene rings is 1. The van der Waals surface area contributed by atoms with E-state index in [1.54, 1.807) is 11.0 Å². The molecule has 0 aliphatic carbocycles. The summed E-state index contributed by atoms with van der Waals surface area (Å²) in [6.45, 7) is 3.29. The molecule has 1 aromatic heterocycles. The van der Waals surface area contributed by atoms with Gasteiger partial charge in [-0.05, 0) is 30.4 Å². The van der Waals surface area contributed by atoms with Crippen LogP contribution in [0.5, 0.6) is 0 Å². The number of carbonyl (C=O) groups excluding carboxylic acids is 2. The fourth-order valence-corrected chi connectivity index (χ4v) is 2.77. The first-order valence-electron chi connectivity index (χ1n) is 7.34. The van der Waals surface area contributed by atoms with Crippen molar-refractivity contribution in [1.29, 1.82) is 0 Å². The summed E-state index contributed by atoms with van der Waals surface area (Å²) in [6, 6.07) is 13.6. The van der Waals surface area contributed by atoms with Crippen molar-refractivity contribution >= 4 is 23.2 Å². The van der Waals surface area contributed by atoms with Crippen LogP contribution in [0, 0.1) is 0 Å². The molecule has 4 nitrogen and oxygen atoms in total. The lowest BCUT2D eigenvalue weighted by Gasteiger charge is -2.21. The van der Waals surface area contributed by atoms with E-state index in [4.69, 9.17) is 0 Å². The highest BCUT2D eigenvalue weighted by Gasteiger charge is 2.14. The zero-order chi connectivity index (χ0) is 15.8. The average Bonchev–Trinajstić information content (AvgIpc) is 3.08. The second-order valence-electron chi connectivity index (χ2n) is 4.87. The smallest absolute Gasteiger partial charge is 0.261 e. The van der Waals surface area contributed by atoms with Crippen molar-refractivity contribution in [3.8, 4) is 0 Å². The molecule has 0 unspecified atom stereocenters. The van der Waals surface area contributed by atoms with Crippen LogP contribution in [0.3, 0.4) is 0 Å². The molecule has 0 spiro atoms. The van der Waals surface area contributed by atoms with Gasteiger partial charge in [-0.25, -0.2) is 0 Å². The molecule has 0 fully saturated rings. The third kappa shape index (κ3) is 4.70. The number of rotatable bonds is 7. The second kappa shape index (κ2) is 8.34. The van der Waals surface area contributed by atoms with Crippen molar-refractivity contribution in [1.82, 2.24) is 10.2 Å². The van der Waals surface area contributed by atoms with Crippen molar-refractivity contribution in [3.63, 3.8) is 0 Å². The average molecular weight is 316 g/mol. The van der Waals surface area contributed by atoms with Crippen molar-refractivity contribution in [3.05, 3.63) is 58.3 Å². The number of amides is 2. The van der Waals surface area contributed by atoms with Crippen LogP contribution in [0.25, 0.3) is 0 Å². The summed E-state index contributed by atoms with van der Waals surface area (Å²) in [5, 5.41) is 4.52. The Labute approximate surface area is 134 Å². The second-order valence-corrected chi connectivity index (χ2v) is 5.82. The maximum absolute atomic E-state index is 12.2. The summed E-state index contributed by atoms with van der Waals surface area (Å²) < 4.78 is 0. The monoisotopic (exact) mass is 316 g/mol. The number of thiophene rings is 1. The topological polar surface area (TPSA) is 49.4 Å². The standard InChI is InChI=1S/C17H20N2O2S/c1-2-19(11-10-14-7-4-3-5-8-14)16(20)13-18-17(21)15-9-6-12-22-15/h3-9,12H,2,10-11,13H2,1H3,(H,18,21). The van der Waals surface area contributed by atoms with Gasteiger partial charge in [-0.15, -0.1) is 11.3 Å². The molecule has 2 amide bonds. The number of nitrogens with zero attached hydrogens (tertiary/aromatic N) is 1. The zero-order valence-corrected chi connectivity index (χ0v) is 13.4. The van der Waals surface area contributed by atoms with Gasteiger partial charge in [0.2, 0.25) is 5.91 Å². The summed E-state index contributed by atoms with van der Waals surface area (Å²) in [4.78, 5) is 26.4. The summed E-state index contributed by atoms with van der Waals surface area (Å²) in [7, 11) is 0. The SMILES string of the molecule is CCN(CCc1ccccc1)C(=O)CNC(=O)c1cccs1. The van der Waals surface area contributed by atoms with Crippen LogP contribution in [-0.2, 0) is 11.2 Å². The Morgan fingerprint density at radius 3 is 2.55 bits per heavy atom. The maximum Gasteiger partial charge on any atom is 0.261 e. The van der Waals surface area contributed by atoms with Gasteiger partial charge in [-0.2, -0.15) is 0 Å². The molecule has 1 heterocycles. The summed E-state index contributed by atoms with van der Waals surface area (Å²) in [5.41, 5.74) is 1.20. The first-order valence-corrected chi connectivity index (χ1v) is 8.22. The van der Waals surface area contributed by atoms with Gasteiger partial charge in [0.1, 0.15) is 0 Å². The Bertz CT molecular complexity index is 596. The fourth-order valence-electron chi connectivity index (χ4n) is 2.13. The Balaban J connectivity index is 1.80. The molecule has 2 rings (SSSR count). The lowest BCUT2D eigenvalue weighted by Crippen LogP contribution is -2.40. The van der Waals surface area contributed by atoms with E-state index in [1.807, 2.05) is 36.6 Å². The molecule has 116 valence electrons. The van der Waals surface area contributed by atoms with E-state index >= 15 is 0 Å². The van der Waals surface area contributed by atoms with E-state index in [9.17, 15) is 9.59 Å². The predicted octanol–water partition coefficient (Wildman–Crippen LogP) is 2.57. The van der Waals surface area contributed by atoms with E-state index in [-0.39, 0.29) is 18.4 Å². The van der Waals surface area contributed by atoms with Gasteiger partial charge in [0.05, 0.1) is 11.4 Å². The molecule has 0 saturated carbocycles. The van der Waals surface area contributed by atoms with Crippen LogP contribution in [0.4, 0.5) is 0 Å². The van der Waals surface area contributed by atoms with Gasteiger partial charge in [-0.3, -0.25) is 9.59 Å². The third-order valence-electron chi connectivity index (χ3n) is 3.39. The van der Waals surface area contributed by atoms with Crippen LogP contribution in [0.2, 0.25) is 0 Å². The number of carbonyl (C=O) groups is 2. The largest absolute Gasteiger partial charge is 0.342 e. The molecule has 0 aliphatic heterocycles. The molecule has 1 N–H and O–H groups in total. The van der Waals surface area contributed by atoms with E-state index in [0.29, 0.717) is 18.0 Å². The van der Waals surface area contributed by atoms with E-state index < -0.39 is 0 Å². The minimum Gasteiger partial charge on any atom is -0.342 e. The van der Waals surface area contributed by atoms with Crippen LogP contribution in [-0.4, -0.2) is 36.3 Å². The minimum absolute atomic E-state index is 0.0410. The molecule has 0 saturated heterocycles. The molecule has 0 bridgehead atoms. The Hall–Kier alpha value is -2.14. The fraction of sp³-hybridized carbons (Fsp3) is 0.294. The first-order chi connectivity index (χ1) is 10.7. The minimum atomic E-state index is -0.192. The zero-order valence-electron chi connectivity index (χ0n) is 12.6. The molecule has 22 heavy (non-hydrogen) atoms. The van der Waals surface area contributed by atoms with E-state index in [1.165, 1.54) is 16.9 Å². The number of nitrogens with one attached hydrogen (secondary N) is 1. The molecule has 0 atom stereocenters. The Morgan fingerprint density at radius 2 is 1.91 bits per heavy atom. The molecule has 1 aromatic carbocycles. The molecule has 0 aliphatic rings. The van der Waals surface area contributed by atoms with Crippen molar-refractivity contribution in [2.75, 3.05) is 19.6 Å². The Kier molecular flexibility index (Phi) is 6.15. The van der Waals surface area contributed by atoms with Crippen molar-refractivity contribution in [2.24, 2.45) is 0 Å². The Morgan fingerprint density at radius 1 is 1.14 bits per heavy atom. The number of hydrogen-bond donors (Lipinski definition) is 1. The van der Waals surface area contributed by atoms with E-state index in [2.05, 4.69) is 17.4 Å². The lowest BCUT2D eigenvalue weighted by atomic mass is 10.1. The summed E-state index contributed by atoms with van der Waals surface area (Å²) in [6.07, 6.45) is 0.819. The van der Waals surface area contributed by atoms with Gasteiger partial charge in [0.25, 0.3) is 5.91 Å². The lowest BCUT2D eigenvalue weighted by molar-refractivity contribution is -0.129. The third-order valence-corrected chi connectivity index (χ3v) is 4.26. The number of likely N-dealkylation sites (N-methyl/N-ethyl adjacent to an activating group) is 1.